The molecule has 1 fully saturated rings. The van der Waals surface area contributed by atoms with E-state index in [1.165, 1.54) is 0 Å². The van der Waals surface area contributed by atoms with Crippen LogP contribution in [0.15, 0.2) is 24.3 Å². The molecule has 0 spiro atoms. The predicted molar refractivity (Wildman–Crippen MR) is 87.1 cm³/mol. The van der Waals surface area contributed by atoms with Gasteiger partial charge >= 0.3 is 0 Å². The Balaban J connectivity index is 1.79. The SMILES string of the molecule is CC1(C)CN(CCC(=O)Nc2ccccc2N)CCS1. The molecule has 0 bridgehead atoms. The first-order chi connectivity index (χ1) is 9.46. The monoisotopic (exact) mass is 293 g/mol. The highest BCUT2D eigenvalue weighted by Gasteiger charge is 2.26. The molecule has 3 N–H and O–H groups in total. The molecule has 0 saturated carbocycles. The van der Waals surface area contributed by atoms with Crippen molar-refractivity contribution < 1.29 is 4.79 Å². The second-order valence-corrected chi connectivity index (χ2v) is 7.57. The molecule has 0 unspecified atom stereocenters. The van der Waals surface area contributed by atoms with Gasteiger partial charge in [0.1, 0.15) is 0 Å². The van der Waals surface area contributed by atoms with Gasteiger partial charge in [-0.2, -0.15) is 11.8 Å². The van der Waals surface area contributed by atoms with E-state index in [0.717, 1.165) is 25.4 Å². The normalized spacial score (nSPS) is 18.7. The Morgan fingerprint density at radius 2 is 2.20 bits per heavy atom. The summed E-state index contributed by atoms with van der Waals surface area (Å²) in [5, 5.41) is 2.87. The number of benzene rings is 1. The minimum absolute atomic E-state index is 0.0268. The first kappa shape index (κ1) is 15.2. The molecule has 110 valence electrons. The predicted octanol–water partition coefficient (Wildman–Crippen LogP) is 2.42. The van der Waals surface area contributed by atoms with E-state index in [9.17, 15) is 4.79 Å². The first-order valence-corrected chi connectivity index (χ1v) is 7.95. The van der Waals surface area contributed by atoms with E-state index in [1.807, 2.05) is 30.0 Å². The molecule has 1 saturated heterocycles. The Hall–Kier alpha value is -1.20. The van der Waals surface area contributed by atoms with E-state index < -0.39 is 0 Å². The molecule has 2 rings (SSSR count). The van der Waals surface area contributed by atoms with Crippen molar-refractivity contribution >= 4 is 29.0 Å². The summed E-state index contributed by atoms with van der Waals surface area (Å²) >= 11 is 2.00. The van der Waals surface area contributed by atoms with Gasteiger partial charge in [0.05, 0.1) is 11.4 Å². The quantitative estimate of drug-likeness (QED) is 0.837. The summed E-state index contributed by atoms with van der Waals surface area (Å²) in [6, 6.07) is 7.35. The van der Waals surface area contributed by atoms with Gasteiger partial charge in [0, 0.05) is 36.6 Å². The van der Waals surface area contributed by atoms with Gasteiger partial charge in [0.2, 0.25) is 5.91 Å². The van der Waals surface area contributed by atoms with Crippen LogP contribution in [0.3, 0.4) is 0 Å². The topological polar surface area (TPSA) is 58.4 Å². The summed E-state index contributed by atoms with van der Waals surface area (Å²) in [5.41, 5.74) is 7.12. The number of hydrogen-bond acceptors (Lipinski definition) is 4. The van der Waals surface area contributed by atoms with Gasteiger partial charge in [0.15, 0.2) is 0 Å². The van der Waals surface area contributed by atoms with E-state index in [4.69, 9.17) is 5.73 Å². The van der Waals surface area contributed by atoms with E-state index >= 15 is 0 Å². The molecule has 5 heteroatoms. The molecule has 1 aromatic rings. The second-order valence-electron chi connectivity index (χ2n) is 5.77. The highest BCUT2D eigenvalue weighted by Crippen LogP contribution is 2.29. The average Bonchev–Trinajstić information content (AvgIpc) is 2.38. The molecule has 0 aromatic heterocycles. The molecule has 1 aliphatic heterocycles. The molecule has 1 amide bonds. The molecule has 0 atom stereocenters. The zero-order chi connectivity index (χ0) is 14.6. The number of anilines is 2. The van der Waals surface area contributed by atoms with Crippen molar-refractivity contribution in [2.75, 3.05) is 36.4 Å². The Morgan fingerprint density at radius 3 is 2.90 bits per heavy atom. The van der Waals surface area contributed by atoms with E-state index in [2.05, 4.69) is 24.1 Å². The fourth-order valence-electron chi connectivity index (χ4n) is 2.39. The third-order valence-electron chi connectivity index (χ3n) is 3.39. The van der Waals surface area contributed by atoms with Crippen LogP contribution in [0.2, 0.25) is 0 Å². The fraction of sp³-hybridized carbons (Fsp3) is 0.533. The summed E-state index contributed by atoms with van der Waals surface area (Å²) in [4.78, 5) is 14.3. The van der Waals surface area contributed by atoms with Crippen LogP contribution < -0.4 is 11.1 Å². The van der Waals surface area contributed by atoms with Crippen molar-refractivity contribution in [3.8, 4) is 0 Å². The van der Waals surface area contributed by atoms with Crippen LogP contribution in [0, 0.1) is 0 Å². The average molecular weight is 293 g/mol. The molecule has 0 aliphatic carbocycles. The van der Waals surface area contributed by atoms with Gasteiger partial charge in [-0.15, -0.1) is 0 Å². The number of nitrogens with two attached hydrogens (primary N) is 1. The van der Waals surface area contributed by atoms with Gasteiger partial charge in [-0.25, -0.2) is 0 Å². The zero-order valence-corrected chi connectivity index (χ0v) is 13.0. The van der Waals surface area contributed by atoms with E-state index in [0.29, 0.717) is 22.5 Å². The van der Waals surface area contributed by atoms with Crippen LogP contribution in [0.1, 0.15) is 20.3 Å². The number of carbonyl (C=O) groups excluding carboxylic acids is 1. The minimum atomic E-state index is 0.0268. The second kappa shape index (κ2) is 6.50. The van der Waals surface area contributed by atoms with Crippen LogP contribution in [0.4, 0.5) is 11.4 Å². The van der Waals surface area contributed by atoms with Crippen molar-refractivity contribution in [1.29, 1.82) is 0 Å². The molecule has 1 heterocycles. The van der Waals surface area contributed by atoms with Gasteiger partial charge in [0.25, 0.3) is 0 Å². The van der Waals surface area contributed by atoms with Gasteiger partial charge in [-0.05, 0) is 26.0 Å². The Labute approximate surface area is 125 Å². The lowest BCUT2D eigenvalue weighted by Crippen LogP contribution is -2.44. The number of rotatable bonds is 4. The Morgan fingerprint density at radius 1 is 1.45 bits per heavy atom. The number of nitrogens with one attached hydrogen (secondary N) is 1. The lowest BCUT2D eigenvalue weighted by atomic mass is 10.2. The van der Waals surface area contributed by atoms with E-state index in [1.54, 1.807) is 6.07 Å². The zero-order valence-electron chi connectivity index (χ0n) is 12.2. The van der Waals surface area contributed by atoms with Crippen molar-refractivity contribution in [3.05, 3.63) is 24.3 Å². The van der Waals surface area contributed by atoms with Crippen molar-refractivity contribution in [3.63, 3.8) is 0 Å². The third-order valence-corrected chi connectivity index (χ3v) is 4.69. The molecule has 1 aliphatic rings. The van der Waals surface area contributed by atoms with Crippen molar-refractivity contribution in [2.24, 2.45) is 0 Å². The van der Waals surface area contributed by atoms with Crippen molar-refractivity contribution in [2.45, 2.75) is 25.0 Å². The molecule has 4 nitrogen and oxygen atoms in total. The Kier molecular flexibility index (Phi) is 4.94. The third kappa shape index (κ3) is 4.42. The largest absolute Gasteiger partial charge is 0.397 e. The summed E-state index contributed by atoms with van der Waals surface area (Å²) in [5.74, 6) is 1.17. The van der Waals surface area contributed by atoms with Gasteiger partial charge in [-0.3, -0.25) is 4.79 Å². The number of nitrogens with zero attached hydrogens (tertiary/aromatic N) is 1. The molecule has 0 radical (unpaired) electrons. The molecule has 1 aromatic carbocycles. The van der Waals surface area contributed by atoms with Crippen LogP contribution in [0.25, 0.3) is 0 Å². The number of para-hydroxylation sites is 2. The Bertz CT molecular complexity index is 476. The number of nitrogen functional groups attached to an aromatic ring is 1. The standard InChI is InChI=1S/C15H23N3OS/c1-15(2)11-18(9-10-20-15)8-7-14(19)17-13-6-4-3-5-12(13)16/h3-6H,7-11,16H2,1-2H3,(H,17,19). The van der Waals surface area contributed by atoms with E-state index in [-0.39, 0.29) is 5.91 Å². The maximum absolute atomic E-state index is 12.0. The van der Waals surface area contributed by atoms with Crippen LogP contribution in [-0.4, -0.2) is 40.9 Å². The molecule has 20 heavy (non-hydrogen) atoms. The smallest absolute Gasteiger partial charge is 0.225 e. The summed E-state index contributed by atoms with van der Waals surface area (Å²) in [6.45, 7) is 7.43. The van der Waals surface area contributed by atoms with Crippen LogP contribution in [-0.2, 0) is 4.79 Å². The maximum Gasteiger partial charge on any atom is 0.225 e. The lowest BCUT2D eigenvalue weighted by Gasteiger charge is -2.37. The van der Waals surface area contributed by atoms with Crippen molar-refractivity contribution in [1.82, 2.24) is 4.90 Å². The van der Waals surface area contributed by atoms with Gasteiger partial charge < -0.3 is 16.0 Å². The van der Waals surface area contributed by atoms with Gasteiger partial charge in [-0.1, -0.05) is 12.1 Å². The maximum atomic E-state index is 12.0. The molecular formula is C15H23N3OS. The fourth-order valence-corrected chi connectivity index (χ4v) is 3.56. The number of amides is 1. The number of thioether (sulfide) groups is 1. The number of carbonyl (C=O) groups is 1. The lowest BCUT2D eigenvalue weighted by molar-refractivity contribution is -0.116. The summed E-state index contributed by atoms with van der Waals surface area (Å²) < 4.78 is 0.290. The summed E-state index contributed by atoms with van der Waals surface area (Å²) in [7, 11) is 0. The number of hydrogen-bond donors (Lipinski definition) is 2. The highest BCUT2D eigenvalue weighted by molar-refractivity contribution is 8.00. The van der Waals surface area contributed by atoms with Crippen LogP contribution in [0.5, 0.6) is 0 Å². The summed E-state index contributed by atoms with van der Waals surface area (Å²) in [6.07, 6.45) is 0.509. The first-order valence-electron chi connectivity index (χ1n) is 6.97. The molecular weight excluding hydrogens is 270 g/mol. The van der Waals surface area contributed by atoms with Crippen LogP contribution >= 0.6 is 11.8 Å². The minimum Gasteiger partial charge on any atom is -0.397 e. The highest BCUT2D eigenvalue weighted by atomic mass is 32.2.